The van der Waals surface area contributed by atoms with Crippen LogP contribution in [0.5, 0.6) is 0 Å². The van der Waals surface area contributed by atoms with Crippen LogP contribution in [0.25, 0.3) is 0 Å². The van der Waals surface area contributed by atoms with Crippen LogP contribution >= 0.6 is 35.4 Å². The van der Waals surface area contributed by atoms with Crippen molar-refractivity contribution in [3.8, 4) is 0 Å². The van der Waals surface area contributed by atoms with Crippen LogP contribution in [-0.4, -0.2) is 9.97 Å². The summed E-state index contributed by atoms with van der Waals surface area (Å²) >= 11 is 17.3. The molecular formula is C14H12Cl2N2S. The fourth-order valence-corrected chi connectivity index (χ4v) is 3.09. The van der Waals surface area contributed by atoms with E-state index in [9.17, 15) is 0 Å². The summed E-state index contributed by atoms with van der Waals surface area (Å²) in [6.07, 6.45) is 3.96. The molecule has 0 unspecified atom stereocenters. The van der Waals surface area contributed by atoms with Crippen LogP contribution in [0.15, 0.2) is 18.2 Å². The standard InChI is InChI=1S/C14H12Cl2N2S/c15-10-5-4-8(6-11(10)16)7-13-17-12-3-1-2-9(12)14(19)18-13/h4-6H,1-3,7H2,(H,17,18,19). The number of H-pyrrole nitrogens is 1. The number of aryl methyl sites for hydroxylation is 1. The minimum absolute atomic E-state index is 0.568. The quantitative estimate of drug-likeness (QED) is 0.826. The molecule has 0 saturated heterocycles. The molecule has 0 atom stereocenters. The molecule has 3 rings (SSSR count). The summed E-state index contributed by atoms with van der Waals surface area (Å²) in [5.74, 6) is 0.893. The predicted molar refractivity (Wildman–Crippen MR) is 80.7 cm³/mol. The highest BCUT2D eigenvalue weighted by Gasteiger charge is 2.14. The van der Waals surface area contributed by atoms with Gasteiger partial charge in [-0.3, -0.25) is 0 Å². The molecule has 0 fully saturated rings. The molecule has 1 aromatic heterocycles. The number of nitrogens with one attached hydrogen (secondary N) is 1. The van der Waals surface area contributed by atoms with Gasteiger partial charge in [-0.1, -0.05) is 41.5 Å². The minimum Gasteiger partial charge on any atom is -0.347 e. The van der Waals surface area contributed by atoms with Gasteiger partial charge in [-0.25, -0.2) is 4.98 Å². The number of aromatic nitrogens is 2. The van der Waals surface area contributed by atoms with Gasteiger partial charge in [0.2, 0.25) is 0 Å². The van der Waals surface area contributed by atoms with Gasteiger partial charge in [0.05, 0.1) is 10.0 Å². The van der Waals surface area contributed by atoms with Crippen LogP contribution in [0.2, 0.25) is 10.0 Å². The van der Waals surface area contributed by atoms with E-state index in [0.29, 0.717) is 16.5 Å². The lowest BCUT2D eigenvalue weighted by Gasteiger charge is -2.06. The zero-order valence-electron chi connectivity index (χ0n) is 10.2. The summed E-state index contributed by atoms with van der Waals surface area (Å²) in [5.41, 5.74) is 3.54. The van der Waals surface area contributed by atoms with Gasteiger partial charge < -0.3 is 4.98 Å². The summed E-state index contributed by atoms with van der Waals surface area (Å²) in [5, 5.41) is 1.14. The van der Waals surface area contributed by atoms with Gasteiger partial charge in [0.15, 0.2) is 0 Å². The summed E-state index contributed by atoms with van der Waals surface area (Å²) < 4.78 is 0.737. The van der Waals surface area contributed by atoms with Gasteiger partial charge >= 0.3 is 0 Å². The number of hydrogen-bond donors (Lipinski definition) is 1. The zero-order valence-corrected chi connectivity index (χ0v) is 12.5. The molecule has 0 amide bonds. The second-order valence-corrected chi connectivity index (χ2v) is 5.93. The highest BCUT2D eigenvalue weighted by molar-refractivity contribution is 7.71. The lowest BCUT2D eigenvalue weighted by Crippen LogP contribution is -2.02. The van der Waals surface area contributed by atoms with Gasteiger partial charge in [-0.05, 0) is 37.0 Å². The topological polar surface area (TPSA) is 28.7 Å². The molecular weight excluding hydrogens is 299 g/mol. The van der Waals surface area contributed by atoms with Gasteiger partial charge in [0.1, 0.15) is 10.5 Å². The molecule has 2 aromatic rings. The van der Waals surface area contributed by atoms with Crippen molar-refractivity contribution >= 4 is 35.4 Å². The van der Waals surface area contributed by atoms with Crippen molar-refractivity contribution < 1.29 is 0 Å². The Hall–Kier alpha value is -0.900. The maximum atomic E-state index is 6.02. The van der Waals surface area contributed by atoms with Gasteiger partial charge in [0.25, 0.3) is 0 Å². The Kier molecular flexibility index (Phi) is 3.61. The largest absolute Gasteiger partial charge is 0.347 e. The van der Waals surface area contributed by atoms with Crippen LogP contribution in [0.4, 0.5) is 0 Å². The lowest BCUT2D eigenvalue weighted by molar-refractivity contribution is 0.885. The molecule has 1 aromatic carbocycles. The third-order valence-corrected chi connectivity index (χ3v) is 4.44. The van der Waals surface area contributed by atoms with E-state index in [1.165, 1.54) is 11.3 Å². The highest BCUT2D eigenvalue weighted by Crippen LogP contribution is 2.24. The molecule has 0 aliphatic heterocycles. The number of benzene rings is 1. The molecule has 98 valence electrons. The molecule has 0 spiro atoms. The SMILES string of the molecule is S=c1nc(Cc2ccc(Cl)c(Cl)c2)[nH]c2c1CCC2. The second-order valence-electron chi connectivity index (χ2n) is 4.72. The van der Waals surface area contributed by atoms with Gasteiger partial charge in [0, 0.05) is 17.7 Å². The maximum Gasteiger partial charge on any atom is 0.133 e. The molecule has 2 nitrogen and oxygen atoms in total. The normalized spacial score (nSPS) is 13.6. The van der Waals surface area contributed by atoms with E-state index in [1.807, 2.05) is 12.1 Å². The predicted octanol–water partition coefficient (Wildman–Crippen LogP) is 4.53. The third kappa shape index (κ3) is 2.69. The molecule has 1 aliphatic rings. The number of halogens is 2. The average molecular weight is 311 g/mol. The molecule has 0 radical (unpaired) electrons. The van der Waals surface area contributed by atoms with Crippen molar-refractivity contribution in [3.05, 3.63) is 55.5 Å². The Balaban J connectivity index is 1.93. The summed E-state index contributed by atoms with van der Waals surface area (Å²) in [4.78, 5) is 7.87. The smallest absolute Gasteiger partial charge is 0.133 e. The van der Waals surface area contributed by atoms with Gasteiger partial charge in [-0.2, -0.15) is 0 Å². The number of aromatic amines is 1. The maximum absolute atomic E-state index is 6.02. The zero-order chi connectivity index (χ0) is 13.4. The van der Waals surface area contributed by atoms with Crippen LogP contribution in [0, 0.1) is 4.64 Å². The Morgan fingerprint density at radius 2 is 2.05 bits per heavy atom. The second kappa shape index (κ2) is 5.23. The molecule has 0 saturated carbocycles. The Labute approximate surface area is 126 Å². The minimum atomic E-state index is 0.568. The van der Waals surface area contributed by atoms with E-state index in [0.717, 1.165) is 35.3 Å². The molecule has 0 bridgehead atoms. The molecule has 5 heteroatoms. The Morgan fingerprint density at radius 3 is 2.84 bits per heavy atom. The van der Waals surface area contributed by atoms with E-state index in [2.05, 4.69) is 9.97 Å². The average Bonchev–Trinajstić information content (AvgIpc) is 2.82. The van der Waals surface area contributed by atoms with Crippen LogP contribution in [0.3, 0.4) is 0 Å². The van der Waals surface area contributed by atoms with Crippen molar-refractivity contribution in [2.45, 2.75) is 25.7 Å². The van der Waals surface area contributed by atoms with Crippen molar-refractivity contribution in [2.75, 3.05) is 0 Å². The Morgan fingerprint density at radius 1 is 1.21 bits per heavy atom. The molecule has 1 heterocycles. The number of hydrogen-bond acceptors (Lipinski definition) is 2. The third-order valence-electron chi connectivity index (χ3n) is 3.36. The van der Waals surface area contributed by atoms with E-state index < -0.39 is 0 Å². The van der Waals surface area contributed by atoms with E-state index in [1.54, 1.807) is 6.07 Å². The lowest BCUT2D eigenvalue weighted by atomic mass is 10.1. The highest BCUT2D eigenvalue weighted by atomic mass is 35.5. The first kappa shape index (κ1) is 13.1. The molecule has 19 heavy (non-hydrogen) atoms. The first-order chi connectivity index (χ1) is 9.13. The van der Waals surface area contributed by atoms with Crippen LogP contribution in [0.1, 0.15) is 29.1 Å². The number of nitrogens with zero attached hydrogens (tertiary/aromatic N) is 1. The van der Waals surface area contributed by atoms with E-state index in [-0.39, 0.29) is 0 Å². The van der Waals surface area contributed by atoms with Crippen molar-refractivity contribution in [2.24, 2.45) is 0 Å². The fraction of sp³-hybridized carbons (Fsp3) is 0.286. The van der Waals surface area contributed by atoms with Crippen molar-refractivity contribution in [1.82, 2.24) is 9.97 Å². The van der Waals surface area contributed by atoms with Crippen molar-refractivity contribution in [1.29, 1.82) is 0 Å². The monoisotopic (exact) mass is 310 g/mol. The van der Waals surface area contributed by atoms with Crippen molar-refractivity contribution in [3.63, 3.8) is 0 Å². The fourth-order valence-electron chi connectivity index (χ4n) is 2.44. The van der Waals surface area contributed by atoms with Crippen LogP contribution in [-0.2, 0) is 19.3 Å². The van der Waals surface area contributed by atoms with Gasteiger partial charge in [-0.15, -0.1) is 0 Å². The first-order valence-electron chi connectivity index (χ1n) is 6.18. The number of fused-ring (bicyclic) bond motifs is 1. The summed E-state index contributed by atoms with van der Waals surface area (Å²) in [7, 11) is 0. The summed E-state index contributed by atoms with van der Waals surface area (Å²) in [6.45, 7) is 0. The Bertz CT molecular complexity index is 694. The summed E-state index contributed by atoms with van der Waals surface area (Å²) in [6, 6.07) is 5.64. The molecule has 1 N–H and O–H groups in total. The van der Waals surface area contributed by atoms with Crippen LogP contribution < -0.4 is 0 Å². The molecule has 1 aliphatic carbocycles. The number of rotatable bonds is 2. The van der Waals surface area contributed by atoms with E-state index in [4.69, 9.17) is 35.4 Å². The first-order valence-corrected chi connectivity index (χ1v) is 7.35. The van der Waals surface area contributed by atoms with E-state index >= 15 is 0 Å².